The number of carbonyl (C=O) groups is 1. The number of benzene rings is 1. The van der Waals surface area contributed by atoms with Crippen molar-refractivity contribution in [1.82, 2.24) is 14.9 Å². The Hall–Kier alpha value is -1.79. The zero-order chi connectivity index (χ0) is 19.0. The van der Waals surface area contributed by atoms with Gasteiger partial charge in [-0.3, -0.25) is 9.69 Å². The van der Waals surface area contributed by atoms with E-state index in [1.807, 2.05) is 29.3 Å². The molecule has 1 spiro atoms. The molecule has 0 saturated carbocycles. The number of aromatic amines is 1. The molecule has 0 unspecified atom stereocenters. The fourth-order valence-corrected chi connectivity index (χ4v) is 5.53. The molecule has 7 heteroatoms. The molecule has 0 bridgehead atoms. The van der Waals surface area contributed by atoms with Crippen LogP contribution < -0.4 is 5.32 Å². The maximum atomic E-state index is 12.9. The van der Waals surface area contributed by atoms with Crippen LogP contribution in [0.4, 0.5) is 5.69 Å². The minimum absolute atomic E-state index is 0.0824. The number of H-pyrrole nitrogens is 1. The maximum absolute atomic E-state index is 12.9. The van der Waals surface area contributed by atoms with Crippen LogP contribution in [0.25, 0.3) is 6.08 Å². The number of halogens is 2. The zero-order valence-corrected chi connectivity index (χ0v) is 17.4. The predicted octanol–water partition coefficient (Wildman–Crippen LogP) is 4.57. The molecule has 27 heavy (non-hydrogen) atoms. The van der Waals surface area contributed by atoms with Gasteiger partial charge in [0.15, 0.2) is 4.73 Å². The lowest BCUT2D eigenvalue weighted by molar-refractivity contribution is -0.127. The van der Waals surface area contributed by atoms with E-state index in [1.54, 1.807) is 0 Å². The van der Waals surface area contributed by atoms with Crippen LogP contribution in [0.1, 0.15) is 49.6 Å². The lowest BCUT2D eigenvalue weighted by Crippen LogP contribution is -2.52. The Morgan fingerprint density at radius 2 is 2.11 bits per heavy atom. The summed E-state index contributed by atoms with van der Waals surface area (Å²) in [6.45, 7) is 4.25. The number of anilines is 1. The number of nitrogens with one attached hydrogen (secondary N) is 2. The van der Waals surface area contributed by atoms with E-state index in [1.165, 1.54) is 5.56 Å². The van der Waals surface area contributed by atoms with Crippen LogP contribution >= 0.6 is 27.5 Å². The van der Waals surface area contributed by atoms with E-state index in [2.05, 4.69) is 57.2 Å². The number of carbonyl (C=O) groups excluding carboxylic acids is 1. The maximum Gasteiger partial charge on any atom is 0.229 e. The summed E-state index contributed by atoms with van der Waals surface area (Å²) in [5.41, 5.74) is 3.18. The quantitative estimate of drug-likeness (QED) is 0.582. The molecule has 2 N–H and O–H groups in total. The van der Waals surface area contributed by atoms with Gasteiger partial charge in [0, 0.05) is 41.4 Å². The molecule has 1 aromatic carbocycles. The monoisotopic (exact) mass is 446 g/mol. The van der Waals surface area contributed by atoms with Crippen molar-refractivity contribution in [3.05, 3.63) is 52.2 Å². The molecular formula is C20H20BrClN4O. The fraction of sp³-hybridized carbons (Fsp3) is 0.400. The molecule has 140 valence electrons. The van der Waals surface area contributed by atoms with Crippen LogP contribution in [0.5, 0.6) is 0 Å². The van der Waals surface area contributed by atoms with Crippen molar-refractivity contribution in [3.63, 3.8) is 0 Å². The summed E-state index contributed by atoms with van der Waals surface area (Å²) < 4.78 is 0.668. The topological polar surface area (TPSA) is 61.0 Å². The summed E-state index contributed by atoms with van der Waals surface area (Å²) in [5, 5.41) is 3.46. The highest BCUT2D eigenvalue weighted by atomic mass is 79.9. The summed E-state index contributed by atoms with van der Waals surface area (Å²) in [6, 6.07) is 8.25. The van der Waals surface area contributed by atoms with Crippen LogP contribution in [0.15, 0.2) is 35.2 Å². The van der Waals surface area contributed by atoms with Crippen molar-refractivity contribution >= 4 is 45.2 Å². The summed E-state index contributed by atoms with van der Waals surface area (Å²) in [5.74, 6) is 0.192. The van der Waals surface area contributed by atoms with Crippen molar-refractivity contribution in [2.75, 3.05) is 5.32 Å². The van der Waals surface area contributed by atoms with Crippen molar-refractivity contribution in [2.45, 2.75) is 49.1 Å². The number of rotatable bonds is 0. The largest absolute Gasteiger partial charge is 0.362 e. The Kier molecular flexibility index (Phi) is 3.60. The highest BCUT2D eigenvalue weighted by molar-refractivity contribution is 9.10. The van der Waals surface area contributed by atoms with Gasteiger partial charge < -0.3 is 10.3 Å². The third kappa shape index (κ3) is 2.29. The van der Waals surface area contributed by atoms with Gasteiger partial charge in [-0.05, 0) is 33.6 Å². The molecule has 0 radical (unpaired) electrons. The first-order valence-electron chi connectivity index (χ1n) is 9.10. The third-order valence-electron chi connectivity index (χ3n) is 6.34. The van der Waals surface area contributed by atoms with E-state index < -0.39 is 5.66 Å². The molecule has 1 aromatic heterocycles. The molecule has 0 aliphatic carbocycles. The van der Waals surface area contributed by atoms with Gasteiger partial charge in [-0.2, -0.15) is 0 Å². The lowest BCUT2D eigenvalue weighted by atomic mass is 9.78. The zero-order valence-electron chi connectivity index (χ0n) is 15.1. The smallest absolute Gasteiger partial charge is 0.229 e. The lowest BCUT2D eigenvalue weighted by Gasteiger charge is -2.41. The number of para-hydroxylation sites is 1. The molecule has 4 heterocycles. The molecule has 5 rings (SSSR count). The van der Waals surface area contributed by atoms with E-state index in [4.69, 9.17) is 11.6 Å². The number of aromatic nitrogens is 2. The van der Waals surface area contributed by atoms with Gasteiger partial charge in [-0.1, -0.05) is 32.0 Å². The molecular weight excluding hydrogens is 428 g/mol. The Labute approximate surface area is 171 Å². The van der Waals surface area contributed by atoms with Crippen LogP contribution in [0.2, 0.25) is 0 Å². The van der Waals surface area contributed by atoms with Crippen LogP contribution in [0.3, 0.4) is 0 Å². The first kappa shape index (κ1) is 17.3. The molecule has 3 aliphatic rings. The number of fused-ring (bicyclic) bond motifs is 3. The molecule has 3 aliphatic heterocycles. The first-order chi connectivity index (χ1) is 12.8. The minimum atomic E-state index is -0.540. The molecule has 2 aromatic rings. The number of imidazole rings is 1. The van der Waals surface area contributed by atoms with Gasteiger partial charge in [-0.15, -0.1) is 11.6 Å². The van der Waals surface area contributed by atoms with Crippen LogP contribution in [-0.4, -0.2) is 31.8 Å². The predicted molar refractivity (Wildman–Crippen MR) is 110 cm³/mol. The second-order valence-electron chi connectivity index (χ2n) is 8.15. The van der Waals surface area contributed by atoms with Gasteiger partial charge in [-0.25, -0.2) is 4.98 Å². The van der Waals surface area contributed by atoms with Crippen molar-refractivity contribution in [2.24, 2.45) is 0 Å². The van der Waals surface area contributed by atoms with Gasteiger partial charge in [0.1, 0.15) is 5.66 Å². The van der Waals surface area contributed by atoms with E-state index >= 15 is 0 Å². The molecule has 3 atom stereocenters. The highest BCUT2D eigenvalue weighted by Crippen LogP contribution is 2.55. The normalized spacial score (nSPS) is 31.7. The average Bonchev–Trinajstić information content (AvgIpc) is 3.21. The SMILES string of the molecule is CC1(C)c2[nH]c(Br)nc2/C=C\N2C(=O)C[C@H]3c4ccccc4N[C@]32C[C@H]1Cl. The van der Waals surface area contributed by atoms with Crippen LogP contribution in [0, 0.1) is 0 Å². The molecule has 1 amide bonds. The Balaban J connectivity index is 1.69. The highest BCUT2D eigenvalue weighted by Gasteiger charge is 2.59. The number of amides is 1. The van der Waals surface area contributed by atoms with Gasteiger partial charge in [0.25, 0.3) is 0 Å². The van der Waals surface area contributed by atoms with Crippen molar-refractivity contribution < 1.29 is 4.79 Å². The van der Waals surface area contributed by atoms with Gasteiger partial charge in [0.2, 0.25) is 5.91 Å². The number of nitrogens with zero attached hydrogens (tertiary/aromatic N) is 2. The Morgan fingerprint density at radius 1 is 1.33 bits per heavy atom. The van der Waals surface area contributed by atoms with Crippen LogP contribution in [-0.2, 0) is 10.2 Å². The van der Waals surface area contributed by atoms with E-state index in [-0.39, 0.29) is 22.6 Å². The summed E-state index contributed by atoms with van der Waals surface area (Å²) in [7, 11) is 0. The standard InChI is InChI=1S/C20H20BrClN4O/c1-19(2)15(22)10-20-12(11-5-3-4-6-13(11)25-20)9-16(27)26(20)8-7-14-17(19)24-18(21)23-14/h3-8,12,15,25H,9-10H2,1-2H3,(H,23,24)/b8-7-/t12-,15+,20-/m0/s1. The van der Waals surface area contributed by atoms with Crippen molar-refractivity contribution in [1.29, 1.82) is 0 Å². The van der Waals surface area contributed by atoms with E-state index in [0.29, 0.717) is 17.6 Å². The second kappa shape index (κ2) is 5.61. The van der Waals surface area contributed by atoms with Gasteiger partial charge in [0.05, 0.1) is 11.4 Å². The molecule has 1 saturated heterocycles. The average molecular weight is 448 g/mol. The van der Waals surface area contributed by atoms with E-state index in [9.17, 15) is 4.79 Å². The fourth-order valence-electron chi connectivity index (χ4n) is 4.80. The minimum Gasteiger partial charge on any atom is -0.362 e. The Morgan fingerprint density at radius 3 is 2.93 bits per heavy atom. The van der Waals surface area contributed by atoms with E-state index in [0.717, 1.165) is 17.1 Å². The second-order valence-corrected chi connectivity index (χ2v) is 9.43. The summed E-state index contributed by atoms with van der Waals surface area (Å²) in [6.07, 6.45) is 4.90. The Bertz CT molecular complexity index is 984. The summed E-state index contributed by atoms with van der Waals surface area (Å²) in [4.78, 5) is 22.6. The third-order valence-corrected chi connectivity index (χ3v) is 7.42. The number of alkyl halides is 1. The first-order valence-corrected chi connectivity index (χ1v) is 10.3. The van der Waals surface area contributed by atoms with Crippen molar-refractivity contribution in [3.8, 4) is 0 Å². The molecule has 5 nitrogen and oxygen atoms in total. The number of hydrogen-bond donors (Lipinski definition) is 2. The summed E-state index contributed by atoms with van der Waals surface area (Å²) >= 11 is 10.5. The number of hydrogen-bond acceptors (Lipinski definition) is 3. The van der Waals surface area contributed by atoms with Gasteiger partial charge >= 0.3 is 0 Å². The molecule has 1 fully saturated rings.